The van der Waals surface area contributed by atoms with Gasteiger partial charge in [-0.1, -0.05) is 164 Å². The third kappa shape index (κ3) is 5.33. The van der Waals surface area contributed by atoms with E-state index in [-0.39, 0.29) is 0 Å². The molecule has 2 aromatic heterocycles. The molecule has 294 valence electrons. The first-order chi connectivity index (χ1) is 31.2. The molecule has 0 bridgehead atoms. The standard InChI is InChI=1S/C58H36N4O/c1-3-14-38(15-4-1)55-59-56(39-16-5-2-6-17-39)61-57(60-55)40-28-33-43(34-29-40)63-42-31-26-37(27-32-42)41-30-35-45-44-18-7-9-21-48(44)58(51(45)36-41)49-22-10-12-25-53(49)62-52-24-11-8-19-46(52)47-20-13-23-50(58)54(47)62/h1-36H. The molecule has 1 atom stereocenters. The highest BCUT2D eigenvalue weighted by atomic mass is 16.5. The van der Waals surface area contributed by atoms with Gasteiger partial charge in [0, 0.05) is 27.5 Å². The van der Waals surface area contributed by atoms with Gasteiger partial charge in [0.2, 0.25) is 0 Å². The maximum Gasteiger partial charge on any atom is 0.164 e. The topological polar surface area (TPSA) is 52.8 Å². The molecule has 2 aliphatic rings. The summed E-state index contributed by atoms with van der Waals surface area (Å²) < 4.78 is 8.92. The Labute approximate surface area is 364 Å². The van der Waals surface area contributed by atoms with Crippen LogP contribution in [0.4, 0.5) is 0 Å². The van der Waals surface area contributed by atoms with Crippen LogP contribution >= 0.6 is 0 Å². The summed E-state index contributed by atoms with van der Waals surface area (Å²) in [5.41, 5.74) is 16.1. The fraction of sp³-hybridized carbons (Fsp3) is 0.0172. The van der Waals surface area contributed by atoms with Crippen molar-refractivity contribution in [3.8, 4) is 73.6 Å². The number of rotatable bonds is 6. The second-order valence-corrected chi connectivity index (χ2v) is 16.3. The molecular formula is C58H36N4O. The van der Waals surface area contributed by atoms with Crippen molar-refractivity contribution in [2.45, 2.75) is 5.41 Å². The average molecular weight is 805 g/mol. The summed E-state index contributed by atoms with van der Waals surface area (Å²) >= 11 is 0. The van der Waals surface area contributed by atoms with Crippen molar-refractivity contribution >= 4 is 21.8 Å². The maximum absolute atomic E-state index is 6.43. The van der Waals surface area contributed by atoms with Crippen LogP contribution in [-0.2, 0) is 5.41 Å². The third-order valence-corrected chi connectivity index (χ3v) is 12.9. The Bertz CT molecular complexity index is 3520. The summed E-state index contributed by atoms with van der Waals surface area (Å²) in [6.07, 6.45) is 0. The van der Waals surface area contributed by atoms with Crippen molar-refractivity contribution in [3.05, 3.63) is 241 Å². The van der Waals surface area contributed by atoms with Crippen LogP contribution in [0.2, 0.25) is 0 Å². The molecule has 11 aromatic rings. The van der Waals surface area contributed by atoms with E-state index in [2.05, 4.69) is 138 Å². The molecule has 0 fully saturated rings. The number of ether oxygens (including phenoxy) is 1. The molecule has 13 rings (SSSR count). The summed E-state index contributed by atoms with van der Waals surface area (Å²) in [6, 6.07) is 77.2. The molecule has 1 aliphatic heterocycles. The number of hydrogen-bond acceptors (Lipinski definition) is 4. The number of fused-ring (bicyclic) bond motifs is 12. The Hall–Kier alpha value is -8.41. The van der Waals surface area contributed by atoms with Crippen LogP contribution in [0.25, 0.3) is 83.9 Å². The zero-order valence-electron chi connectivity index (χ0n) is 34.0. The molecule has 1 unspecified atom stereocenters. The highest BCUT2D eigenvalue weighted by Gasteiger charge is 2.50. The third-order valence-electron chi connectivity index (χ3n) is 12.9. The zero-order chi connectivity index (χ0) is 41.5. The SMILES string of the molecule is c1ccc(-c2nc(-c3ccccc3)nc(-c3ccc(Oc4ccc(-c5ccc6c(c5)C5(c7ccccc7-6)c6ccccc6-n6c7ccccc7c7cccc5c76)cc4)cc3)n2)cc1. The van der Waals surface area contributed by atoms with Gasteiger partial charge in [-0.2, -0.15) is 0 Å². The minimum Gasteiger partial charge on any atom is -0.457 e. The molecule has 0 amide bonds. The van der Waals surface area contributed by atoms with E-state index >= 15 is 0 Å². The van der Waals surface area contributed by atoms with Crippen LogP contribution in [0, 0.1) is 0 Å². The first kappa shape index (κ1) is 35.4. The average Bonchev–Trinajstić information content (AvgIpc) is 3.85. The monoisotopic (exact) mass is 804 g/mol. The zero-order valence-corrected chi connectivity index (χ0v) is 34.0. The van der Waals surface area contributed by atoms with Crippen LogP contribution in [0.5, 0.6) is 11.5 Å². The molecule has 1 spiro atoms. The van der Waals surface area contributed by atoms with Crippen LogP contribution in [-0.4, -0.2) is 19.5 Å². The highest BCUT2D eigenvalue weighted by molar-refractivity contribution is 6.12. The van der Waals surface area contributed by atoms with E-state index in [1.54, 1.807) is 0 Å². The van der Waals surface area contributed by atoms with Gasteiger partial charge in [0.05, 0.1) is 22.1 Å². The largest absolute Gasteiger partial charge is 0.457 e. The Morgan fingerprint density at radius 2 is 0.857 bits per heavy atom. The van der Waals surface area contributed by atoms with Crippen molar-refractivity contribution in [1.29, 1.82) is 0 Å². The first-order valence-electron chi connectivity index (χ1n) is 21.3. The van der Waals surface area contributed by atoms with Gasteiger partial charge in [-0.15, -0.1) is 0 Å². The van der Waals surface area contributed by atoms with E-state index in [9.17, 15) is 0 Å². The van der Waals surface area contributed by atoms with Crippen molar-refractivity contribution in [1.82, 2.24) is 19.5 Å². The molecule has 1 aliphatic carbocycles. The summed E-state index contributed by atoms with van der Waals surface area (Å²) in [5.74, 6) is 3.36. The minimum absolute atomic E-state index is 0.495. The van der Waals surface area contributed by atoms with Gasteiger partial charge in [0.1, 0.15) is 11.5 Å². The fourth-order valence-corrected chi connectivity index (χ4v) is 10.2. The summed E-state index contributed by atoms with van der Waals surface area (Å²) in [5, 5.41) is 2.56. The van der Waals surface area contributed by atoms with E-state index in [0.29, 0.717) is 17.5 Å². The summed E-state index contributed by atoms with van der Waals surface area (Å²) in [6.45, 7) is 0. The lowest BCUT2D eigenvalue weighted by Gasteiger charge is -2.39. The summed E-state index contributed by atoms with van der Waals surface area (Å²) in [4.78, 5) is 14.6. The normalized spacial score (nSPS) is 14.4. The van der Waals surface area contributed by atoms with Gasteiger partial charge in [-0.25, -0.2) is 15.0 Å². The van der Waals surface area contributed by atoms with E-state index in [4.69, 9.17) is 19.7 Å². The van der Waals surface area contributed by atoms with Crippen molar-refractivity contribution in [2.24, 2.45) is 0 Å². The fourth-order valence-electron chi connectivity index (χ4n) is 10.2. The lowest BCUT2D eigenvalue weighted by molar-refractivity contribution is 0.483. The van der Waals surface area contributed by atoms with E-state index in [1.807, 2.05) is 84.9 Å². The lowest BCUT2D eigenvalue weighted by Crippen LogP contribution is -2.33. The molecule has 5 nitrogen and oxygen atoms in total. The molecule has 0 N–H and O–H groups in total. The number of hydrogen-bond donors (Lipinski definition) is 0. The Morgan fingerprint density at radius 3 is 1.56 bits per heavy atom. The number of nitrogens with zero attached hydrogens (tertiary/aromatic N) is 4. The molecule has 0 radical (unpaired) electrons. The molecule has 9 aromatic carbocycles. The van der Waals surface area contributed by atoms with E-state index in [0.717, 1.165) is 39.3 Å². The van der Waals surface area contributed by atoms with Crippen LogP contribution in [0.1, 0.15) is 22.3 Å². The van der Waals surface area contributed by atoms with Gasteiger partial charge >= 0.3 is 0 Å². The lowest BCUT2D eigenvalue weighted by atomic mass is 9.65. The Balaban J connectivity index is 0.856. The first-order valence-corrected chi connectivity index (χ1v) is 21.3. The Kier molecular flexibility index (Phi) is 7.75. The van der Waals surface area contributed by atoms with Crippen molar-refractivity contribution in [2.75, 3.05) is 0 Å². The highest BCUT2D eigenvalue weighted by Crippen LogP contribution is 2.61. The second-order valence-electron chi connectivity index (χ2n) is 16.3. The minimum atomic E-state index is -0.495. The second kappa shape index (κ2) is 13.8. The van der Waals surface area contributed by atoms with E-state index < -0.39 is 5.41 Å². The maximum atomic E-state index is 6.43. The smallest absolute Gasteiger partial charge is 0.164 e. The Morgan fingerprint density at radius 1 is 0.349 bits per heavy atom. The predicted molar refractivity (Wildman–Crippen MR) is 253 cm³/mol. The molecule has 3 heterocycles. The molecular weight excluding hydrogens is 769 g/mol. The number of para-hydroxylation sites is 3. The van der Waals surface area contributed by atoms with Gasteiger partial charge in [-0.3, -0.25) is 0 Å². The number of aromatic nitrogens is 4. The predicted octanol–water partition coefficient (Wildman–Crippen LogP) is 14.1. The molecule has 0 saturated carbocycles. The van der Waals surface area contributed by atoms with Crippen molar-refractivity contribution < 1.29 is 4.74 Å². The molecule has 63 heavy (non-hydrogen) atoms. The summed E-state index contributed by atoms with van der Waals surface area (Å²) in [7, 11) is 0. The van der Waals surface area contributed by atoms with Gasteiger partial charge in [-0.05, 0) is 99.1 Å². The van der Waals surface area contributed by atoms with Crippen LogP contribution < -0.4 is 4.74 Å². The molecule has 0 saturated heterocycles. The van der Waals surface area contributed by atoms with E-state index in [1.165, 1.54) is 60.9 Å². The quantitative estimate of drug-likeness (QED) is 0.168. The van der Waals surface area contributed by atoms with Gasteiger partial charge in [0.15, 0.2) is 17.5 Å². The number of benzene rings is 9. The van der Waals surface area contributed by atoms with Gasteiger partial charge < -0.3 is 9.30 Å². The van der Waals surface area contributed by atoms with Crippen LogP contribution in [0.15, 0.2) is 218 Å². The van der Waals surface area contributed by atoms with Crippen molar-refractivity contribution in [3.63, 3.8) is 0 Å². The van der Waals surface area contributed by atoms with Gasteiger partial charge in [0.25, 0.3) is 0 Å². The molecule has 5 heteroatoms. The van der Waals surface area contributed by atoms with Crippen LogP contribution in [0.3, 0.4) is 0 Å².